The number of benzene rings is 1. The van der Waals surface area contributed by atoms with Crippen molar-refractivity contribution in [2.24, 2.45) is 0 Å². The van der Waals surface area contributed by atoms with Crippen molar-refractivity contribution in [3.8, 4) is 11.5 Å². The molecule has 0 aromatic heterocycles. The summed E-state index contributed by atoms with van der Waals surface area (Å²) in [6, 6.07) is 6.27. The third kappa shape index (κ3) is 3.61. The van der Waals surface area contributed by atoms with Crippen LogP contribution in [-0.4, -0.2) is 55.2 Å². The zero-order valence-corrected chi connectivity index (χ0v) is 14.1. The highest BCUT2D eigenvalue weighted by Gasteiger charge is 2.24. The van der Waals surface area contributed by atoms with Gasteiger partial charge in [-0.1, -0.05) is 6.07 Å². The molecule has 1 aromatic carbocycles. The molecule has 1 saturated heterocycles. The number of fused-ring (bicyclic) bond motifs is 1. The molecular weight excluding hydrogens is 292 g/mol. The molecule has 3 rings (SSSR count). The van der Waals surface area contributed by atoms with Crippen molar-refractivity contribution in [1.29, 1.82) is 0 Å². The van der Waals surface area contributed by atoms with Crippen molar-refractivity contribution >= 4 is 5.91 Å². The molecule has 0 atom stereocenters. The average molecular weight is 318 g/mol. The first-order chi connectivity index (χ1) is 11.2. The second-order valence-corrected chi connectivity index (χ2v) is 6.23. The number of hydrogen-bond acceptors (Lipinski definition) is 4. The minimum atomic E-state index is 0.247. The van der Waals surface area contributed by atoms with Crippen LogP contribution in [0.5, 0.6) is 11.5 Å². The molecule has 0 aliphatic carbocycles. The Balaban J connectivity index is 1.53. The van der Waals surface area contributed by atoms with Crippen LogP contribution >= 0.6 is 0 Å². The van der Waals surface area contributed by atoms with Gasteiger partial charge in [0.25, 0.3) is 0 Å². The van der Waals surface area contributed by atoms with E-state index >= 15 is 0 Å². The van der Waals surface area contributed by atoms with Crippen LogP contribution in [0, 0.1) is 0 Å². The second-order valence-electron chi connectivity index (χ2n) is 6.23. The average Bonchev–Trinajstić information content (AvgIpc) is 3.04. The Labute approximate surface area is 138 Å². The summed E-state index contributed by atoms with van der Waals surface area (Å²) < 4.78 is 10.8. The van der Waals surface area contributed by atoms with Gasteiger partial charge in [0.2, 0.25) is 12.7 Å². The largest absolute Gasteiger partial charge is 0.454 e. The molecule has 126 valence electrons. The number of likely N-dealkylation sites (N-methyl/N-ethyl adjacent to an activating group) is 1. The normalized spacial score (nSPS) is 18.2. The predicted molar refractivity (Wildman–Crippen MR) is 88.9 cm³/mol. The van der Waals surface area contributed by atoms with Gasteiger partial charge in [-0.25, -0.2) is 0 Å². The maximum atomic E-state index is 12.2. The third-order valence-corrected chi connectivity index (χ3v) is 4.93. The first kappa shape index (κ1) is 16.1. The topological polar surface area (TPSA) is 42.0 Å². The van der Waals surface area contributed by atoms with Crippen LogP contribution in [0.3, 0.4) is 0 Å². The highest BCUT2D eigenvalue weighted by Crippen LogP contribution is 2.37. The van der Waals surface area contributed by atoms with Crippen LogP contribution in [0.2, 0.25) is 0 Å². The summed E-state index contributed by atoms with van der Waals surface area (Å²) in [6.07, 6.45) is 2.18. The van der Waals surface area contributed by atoms with Gasteiger partial charge in [0.1, 0.15) is 0 Å². The van der Waals surface area contributed by atoms with Gasteiger partial charge in [-0.15, -0.1) is 0 Å². The number of ether oxygens (including phenoxy) is 2. The lowest BCUT2D eigenvalue weighted by Gasteiger charge is -2.33. The summed E-state index contributed by atoms with van der Waals surface area (Å²) in [5.74, 6) is 2.50. The van der Waals surface area contributed by atoms with Gasteiger partial charge in [-0.05, 0) is 63.4 Å². The van der Waals surface area contributed by atoms with Crippen LogP contribution in [0.4, 0.5) is 0 Å². The minimum Gasteiger partial charge on any atom is -0.454 e. The molecule has 5 nitrogen and oxygen atoms in total. The smallest absolute Gasteiger partial charge is 0.236 e. The van der Waals surface area contributed by atoms with E-state index in [4.69, 9.17) is 9.47 Å². The number of likely N-dealkylation sites (tertiary alicyclic amines) is 1. The standard InChI is InChI=1S/C18H26N2O3/c1-3-20(4-2)18(21)12-19-9-7-14(8-10-19)15-5-6-16-17(11-15)23-13-22-16/h5-6,11,14H,3-4,7-10,12-13H2,1-2H3. The molecule has 1 fully saturated rings. The second kappa shape index (κ2) is 7.21. The van der Waals surface area contributed by atoms with Gasteiger partial charge in [0.15, 0.2) is 11.5 Å². The van der Waals surface area contributed by atoms with Gasteiger partial charge < -0.3 is 14.4 Å². The van der Waals surface area contributed by atoms with E-state index in [0.717, 1.165) is 50.5 Å². The lowest BCUT2D eigenvalue weighted by Crippen LogP contribution is -2.43. The monoisotopic (exact) mass is 318 g/mol. The number of hydrogen-bond donors (Lipinski definition) is 0. The Morgan fingerprint density at radius 1 is 1.17 bits per heavy atom. The summed E-state index contributed by atoms with van der Waals surface area (Å²) in [7, 11) is 0. The van der Waals surface area contributed by atoms with Gasteiger partial charge in [0.05, 0.1) is 6.54 Å². The van der Waals surface area contributed by atoms with E-state index in [9.17, 15) is 4.79 Å². The predicted octanol–water partition coefficient (Wildman–Crippen LogP) is 2.46. The van der Waals surface area contributed by atoms with E-state index in [1.807, 2.05) is 24.8 Å². The minimum absolute atomic E-state index is 0.247. The van der Waals surface area contributed by atoms with E-state index in [0.29, 0.717) is 19.3 Å². The molecule has 0 N–H and O–H groups in total. The summed E-state index contributed by atoms with van der Waals surface area (Å²) in [6.45, 7) is 8.49. The van der Waals surface area contributed by atoms with Gasteiger partial charge in [-0.2, -0.15) is 0 Å². The summed E-state index contributed by atoms with van der Waals surface area (Å²) in [5, 5.41) is 0. The first-order valence-electron chi connectivity index (χ1n) is 8.61. The lowest BCUT2D eigenvalue weighted by atomic mass is 9.89. The van der Waals surface area contributed by atoms with E-state index in [1.54, 1.807) is 0 Å². The number of carbonyl (C=O) groups is 1. The molecule has 2 heterocycles. The van der Waals surface area contributed by atoms with Crippen LogP contribution in [0.15, 0.2) is 18.2 Å². The third-order valence-electron chi connectivity index (χ3n) is 4.93. The van der Waals surface area contributed by atoms with Crippen LogP contribution in [-0.2, 0) is 4.79 Å². The van der Waals surface area contributed by atoms with Crippen molar-refractivity contribution in [3.05, 3.63) is 23.8 Å². The number of nitrogens with zero attached hydrogens (tertiary/aromatic N) is 2. The quantitative estimate of drug-likeness (QED) is 0.836. The molecule has 2 aliphatic heterocycles. The highest BCUT2D eigenvalue weighted by atomic mass is 16.7. The number of piperidine rings is 1. The Morgan fingerprint density at radius 3 is 2.57 bits per heavy atom. The summed E-state index contributed by atoms with van der Waals surface area (Å²) in [4.78, 5) is 16.4. The van der Waals surface area contributed by atoms with Crippen molar-refractivity contribution < 1.29 is 14.3 Å². The number of carbonyl (C=O) groups excluding carboxylic acids is 1. The molecule has 0 unspecified atom stereocenters. The number of amides is 1. The Morgan fingerprint density at radius 2 is 1.87 bits per heavy atom. The maximum absolute atomic E-state index is 12.2. The lowest BCUT2D eigenvalue weighted by molar-refractivity contribution is -0.132. The Kier molecular flexibility index (Phi) is 5.06. The fourth-order valence-corrected chi connectivity index (χ4v) is 3.46. The van der Waals surface area contributed by atoms with Crippen molar-refractivity contribution in [1.82, 2.24) is 9.80 Å². The molecule has 23 heavy (non-hydrogen) atoms. The summed E-state index contributed by atoms with van der Waals surface area (Å²) >= 11 is 0. The zero-order chi connectivity index (χ0) is 16.2. The van der Waals surface area contributed by atoms with E-state index in [-0.39, 0.29) is 5.91 Å². The van der Waals surface area contributed by atoms with Crippen molar-refractivity contribution in [2.75, 3.05) is 39.5 Å². The van der Waals surface area contributed by atoms with Gasteiger partial charge >= 0.3 is 0 Å². The van der Waals surface area contributed by atoms with Crippen LogP contribution in [0.1, 0.15) is 38.2 Å². The molecule has 0 bridgehead atoms. The molecular formula is C18H26N2O3. The fraction of sp³-hybridized carbons (Fsp3) is 0.611. The van der Waals surface area contributed by atoms with Crippen LogP contribution in [0.25, 0.3) is 0 Å². The van der Waals surface area contributed by atoms with Crippen molar-refractivity contribution in [2.45, 2.75) is 32.6 Å². The van der Waals surface area contributed by atoms with Gasteiger partial charge in [0, 0.05) is 13.1 Å². The molecule has 0 spiro atoms. The molecule has 0 radical (unpaired) electrons. The maximum Gasteiger partial charge on any atom is 0.236 e. The molecule has 5 heteroatoms. The van der Waals surface area contributed by atoms with E-state index in [1.165, 1.54) is 5.56 Å². The fourth-order valence-electron chi connectivity index (χ4n) is 3.46. The highest BCUT2D eigenvalue weighted by molar-refractivity contribution is 5.78. The van der Waals surface area contributed by atoms with E-state index in [2.05, 4.69) is 17.0 Å². The molecule has 1 amide bonds. The molecule has 2 aliphatic rings. The Hall–Kier alpha value is -1.75. The van der Waals surface area contributed by atoms with Crippen molar-refractivity contribution in [3.63, 3.8) is 0 Å². The number of rotatable bonds is 5. The molecule has 0 saturated carbocycles. The zero-order valence-electron chi connectivity index (χ0n) is 14.1. The molecule has 1 aromatic rings. The van der Waals surface area contributed by atoms with E-state index < -0.39 is 0 Å². The first-order valence-corrected chi connectivity index (χ1v) is 8.61. The SMILES string of the molecule is CCN(CC)C(=O)CN1CCC(c2ccc3c(c2)OCO3)CC1. The Bertz CT molecular complexity index is 549. The van der Waals surface area contributed by atoms with Crippen LogP contribution < -0.4 is 9.47 Å². The summed E-state index contributed by atoms with van der Waals surface area (Å²) in [5.41, 5.74) is 1.32. The van der Waals surface area contributed by atoms with Gasteiger partial charge in [-0.3, -0.25) is 9.69 Å².